The lowest BCUT2D eigenvalue weighted by molar-refractivity contribution is -0.104. The van der Waals surface area contributed by atoms with Gasteiger partial charge in [-0.2, -0.15) is 5.06 Å². The Labute approximate surface area is 92.0 Å². The van der Waals surface area contributed by atoms with Crippen molar-refractivity contribution >= 4 is 17.7 Å². The van der Waals surface area contributed by atoms with E-state index in [4.69, 9.17) is 21.5 Å². The zero-order chi connectivity index (χ0) is 10.8. The molecule has 15 heavy (non-hydrogen) atoms. The maximum absolute atomic E-state index is 10.8. The number of nitrogens with zero attached hydrogens (tertiary/aromatic N) is 1. The molecule has 1 saturated heterocycles. The van der Waals surface area contributed by atoms with Gasteiger partial charge in [-0.15, -0.1) is 0 Å². The predicted octanol–water partition coefficient (Wildman–Crippen LogP) is 2.70. The minimum absolute atomic E-state index is 0.222. The van der Waals surface area contributed by atoms with Gasteiger partial charge in [0.05, 0.1) is 12.6 Å². The van der Waals surface area contributed by atoms with Crippen molar-refractivity contribution in [2.24, 2.45) is 0 Å². The lowest BCUT2D eigenvalue weighted by Gasteiger charge is -2.19. The summed E-state index contributed by atoms with van der Waals surface area (Å²) in [5, 5.41) is 10.5. The molecule has 1 amide bonds. The zero-order valence-corrected chi connectivity index (χ0v) is 8.65. The SMILES string of the molecule is O=C(O)N1OCCC1c1ccc(Cl)cc1. The third-order valence-corrected chi connectivity index (χ3v) is 2.60. The van der Waals surface area contributed by atoms with Crippen LogP contribution in [0.5, 0.6) is 0 Å². The monoisotopic (exact) mass is 227 g/mol. The largest absolute Gasteiger partial charge is 0.463 e. The summed E-state index contributed by atoms with van der Waals surface area (Å²) >= 11 is 5.76. The molecule has 2 rings (SSSR count). The second-order valence-corrected chi connectivity index (χ2v) is 3.73. The van der Waals surface area contributed by atoms with Gasteiger partial charge >= 0.3 is 6.09 Å². The van der Waals surface area contributed by atoms with Gasteiger partial charge in [0.2, 0.25) is 0 Å². The molecule has 1 unspecified atom stereocenters. The van der Waals surface area contributed by atoms with Gasteiger partial charge in [-0.25, -0.2) is 4.79 Å². The van der Waals surface area contributed by atoms with E-state index in [9.17, 15) is 4.79 Å². The van der Waals surface area contributed by atoms with E-state index >= 15 is 0 Å². The minimum Gasteiger partial charge on any atom is -0.463 e. The summed E-state index contributed by atoms with van der Waals surface area (Å²) in [6, 6.07) is 6.90. The van der Waals surface area contributed by atoms with Crippen LogP contribution in [0.15, 0.2) is 24.3 Å². The third kappa shape index (κ3) is 2.06. The van der Waals surface area contributed by atoms with E-state index in [2.05, 4.69) is 0 Å². The summed E-state index contributed by atoms with van der Waals surface area (Å²) < 4.78 is 0. The molecule has 1 atom stereocenters. The molecule has 1 heterocycles. The van der Waals surface area contributed by atoms with Crippen LogP contribution >= 0.6 is 11.6 Å². The Kier molecular flexibility index (Phi) is 2.79. The highest BCUT2D eigenvalue weighted by Crippen LogP contribution is 2.30. The van der Waals surface area contributed by atoms with Crippen molar-refractivity contribution in [2.45, 2.75) is 12.5 Å². The first-order chi connectivity index (χ1) is 7.18. The number of amides is 1. The maximum Gasteiger partial charge on any atom is 0.432 e. The molecule has 1 aromatic rings. The lowest BCUT2D eigenvalue weighted by Crippen LogP contribution is -2.27. The fourth-order valence-corrected chi connectivity index (χ4v) is 1.77. The summed E-state index contributed by atoms with van der Waals surface area (Å²) in [4.78, 5) is 15.8. The quantitative estimate of drug-likeness (QED) is 0.803. The second-order valence-electron chi connectivity index (χ2n) is 3.30. The Bertz CT molecular complexity index is 365. The minimum atomic E-state index is -1.06. The third-order valence-electron chi connectivity index (χ3n) is 2.35. The highest BCUT2D eigenvalue weighted by atomic mass is 35.5. The van der Waals surface area contributed by atoms with E-state index in [-0.39, 0.29) is 6.04 Å². The number of rotatable bonds is 1. The van der Waals surface area contributed by atoms with E-state index in [1.54, 1.807) is 12.1 Å². The average Bonchev–Trinajstić information content (AvgIpc) is 2.67. The normalized spacial score (nSPS) is 20.6. The lowest BCUT2D eigenvalue weighted by atomic mass is 10.1. The topological polar surface area (TPSA) is 49.8 Å². The molecule has 0 spiro atoms. The Hall–Kier alpha value is -1.26. The first-order valence-corrected chi connectivity index (χ1v) is 4.97. The van der Waals surface area contributed by atoms with Crippen LogP contribution in [0.25, 0.3) is 0 Å². The van der Waals surface area contributed by atoms with Gasteiger partial charge in [-0.05, 0) is 17.7 Å². The Morgan fingerprint density at radius 1 is 1.47 bits per heavy atom. The molecule has 80 valence electrons. The fourth-order valence-electron chi connectivity index (χ4n) is 1.65. The molecule has 1 aromatic carbocycles. The standard InChI is InChI=1S/C10H10ClNO3/c11-8-3-1-7(2-4-8)9-5-6-15-12(9)10(13)14/h1-4,9H,5-6H2,(H,13,14). The van der Waals surface area contributed by atoms with Crippen molar-refractivity contribution in [1.29, 1.82) is 0 Å². The van der Waals surface area contributed by atoms with Crippen LogP contribution in [0, 0.1) is 0 Å². The molecule has 1 aliphatic rings. The van der Waals surface area contributed by atoms with E-state index in [1.807, 2.05) is 12.1 Å². The summed E-state index contributed by atoms with van der Waals surface area (Å²) in [5.74, 6) is 0. The van der Waals surface area contributed by atoms with E-state index in [0.717, 1.165) is 10.6 Å². The number of benzene rings is 1. The molecule has 0 bridgehead atoms. The number of carboxylic acid groups (broad SMARTS) is 1. The Balaban J connectivity index is 2.22. The van der Waals surface area contributed by atoms with Crippen LogP contribution in [0.3, 0.4) is 0 Å². The van der Waals surface area contributed by atoms with Gasteiger partial charge in [-0.3, -0.25) is 4.84 Å². The summed E-state index contributed by atoms with van der Waals surface area (Å²) in [7, 11) is 0. The molecular formula is C10H10ClNO3. The summed E-state index contributed by atoms with van der Waals surface area (Å²) in [6.45, 7) is 0.430. The first kappa shape index (κ1) is 10.3. The maximum atomic E-state index is 10.8. The summed E-state index contributed by atoms with van der Waals surface area (Å²) in [6.07, 6.45) is -0.388. The Morgan fingerprint density at radius 3 is 2.73 bits per heavy atom. The van der Waals surface area contributed by atoms with Crippen molar-refractivity contribution in [3.8, 4) is 0 Å². The van der Waals surface area contributed by atoms with Crippen molar-refractivity contribution < 1.29 is 14.7 Å². The number of halogens is 1. The molecule has 0 saturated carbocycles. The first-order valence-electron chi connectivity index (χ1n) is 4.59. The van der Waals surface area contributed by atoms with Gasteiger partial charge in [0.15, 0.2) is 0 Å². The highest BCUT2D eigenvalue weighted by molar-refractivity contribution is 6.30. The number of carbonyl (C=O) groups is 1. The number of hydrogen-bond acceptors (Lipinski definition) is 2. The molecule has 5 heteroatoms. The molecule has 0 aliphatic carbocycles. The van der Waals surface area contributed by atoms with Crippen LogP contribution < -0.4 is 0 Å². The van der Waals surface area contributed by atoms with E-state index in [0.29, 0.717) is 18.1 Å². The van der Waals surface area contributed by atoms with Crippen molar-refractivity contribution in [2.75, 3.05) is 6.61 Å². The van der Waals surface area contributed by atoms with Gasteiger partial charge < -0.3 is 5.11 Å². The number of hydrogen-bond donors (Lipinski definition) is 1. The van der Waals surface area contributed by atoms with Gasteiger partial charge in [0.1, 0.15) is 0 Å². The molecule has 1 fully saturated rings. The molecular weight excluding hydrogens is 218 g/mol. The van der Waals surface area contributed by atoms with Gasteiger partial charge in [0.25, 0.3) is 0 Å². The van der Waals surface area contributed by atoms with Crippen molar-refractivity contribution in [3.05, 3.63) is 34.9 Å². The fraction of sp³-hybridized carbons (Fsp3) is 0.300. The van der Waals surface area contributed by atoms with Crippen LogP contribution in [-0.4, -0.2) is 22.9 Å². The Morgan fingerprint density at radius 2 is 2.13 bits per heavy atom. The second kappa shape index (κ2) is 4.08. The van der Waals surface area contributed by atoms with Crippen molar-refractivity contribution in [3.63, 3.8) is 0 Å². The predicted molar refractivity (Wildman–Crippen MR) is 54.6 cm³/mol. The van der Waals surface area contributed by atoms with Crippen molar-refractivity contribution in [1.82, 2.24) is 5.06 Å². The van der Waals surface area contributed by atoms with E-state index < -0.39 is 6.09 Å². The van der Waals surface area contributed by atoms with Crippen LogP contribution in [-0.2, 0) is 4.84 Å². The highest BCUT2D eigenvalue weighted by Gasteiger charge is 2.31. The summed E-state index contributed by atoms with van der Waals surface area (Å²) in [5.41, 5.74) is 0.902. The van der Waals surface area contributed by atoms with Gasteiger partial charge in [-0.1, -0.05) is 23.7 Å². The van der Waals surface area contributed by atoms with Crippen LogP contribution in [0.1, 0.15) is 18.0 Å². The van der Waals surface area contributed by atoms with Crippen LogP contribution in [0.2, 0.25) is 5.02 Å². The van der Waals surface area contributed by atoms with E-state index in [1.165, 1.54) is 0 Å². The zero-order valence-electron chi connectivity index (χ0n) is 7.89. The molecule has 0 aromatic heterocycles. The molecule has 1 aliphatic heterocycles. The number of hydroxylamine groups is 2. The smallest absolute Gasteiger partial charge is 0.432 e. The van der Waals surface area contributed by atoms with Gasteiger partial charge in [0, 0.05) is 11.4 Å². The average molecular weight is 228 g/mol. The van der Waals surface area contributed by atoms with Crippen LogP contribution in [0.4, 0.5) is 4.79 Å². The molecule has 4 nitrogen and oxygen atoms in total. The molecule has 0 radical (unpaired) electrons. The molecule has 1 N–H and O–H groups in total.